The van der Waals surface area contributed by atoms with E-state index in [-0.39, 0.29) is 0 Å². The van der Waals surface area contributed by atoms with Crippen LogP contribution in [0.5, 0.6) is 0 Å². The van der Waals surface area contributed by atoms with Gasteiger partial charge in [0.1, 0.15) is 0 Å². The van der Waals surface area contributed by atoms with E-state index >= 15 is 0 Å². The highest BCUT2D eigenvalue weighted by Gasteiger charge is 1.97. The van der Waals surface area contributed by atoms with E-state index < -0.39 is 5.97 Å². The van der Waals surface area contributed by atoms with Crippen LogP contribution in [0, 0.1) is 0 Å². The van der Waals surface area contributed by atoms with Gasteiger partial charge in [0.05, 0.1) is 0 Å². The van der Waals surface area contributed by atoms with E-state index in [9.17, 15) is 4.79 Å². The summed E-state index contributed by atoms with van der Waals surface area (Å²) in [6, 6.07) is 0. The summed E-state index contributed by atoms with van der Waals surface area (Å²) in [5.74, 6) is -0.653. The fourth-order valence-corrected chi connectivity index (χ4v) is 2.65. The van der Waals surface area contributed by atoms with Gasteiger partial charge in [0.15, 0.2) is 0 Å². The van der Waals surface area contributed by atoms with Crippen molar-refractivity contribution in [2.24, 2.45) is 0 Å². The van der Waals surface area contributed by atoms with Crippen molar-refractivity contribution in [3.8, 4) is 0 Å². The highest BCUT2D eigenvalue weighted by molar-refractivity contribution is 5.66. The van der Waals surface area contributed by atoms with Gasteiger partial charge >= 0.3 is 5.97 Å². The number of rotatable bonds is 16. The fourth-order valence-electron chi connectivity index (χ4n) is 2.65. The SMILES string of the molecule is CCCCCCCCCCCCCCCCC[14C](=O)O. The zero-order valence-corrected chi connectivity index (χ0v) is 13.7. The minimum Gasteiger partial charge on any atom is -0.481 e. The van der Waals surface area contributed by atoms with Crippen molar-refractivity contribution in [3.05, 3.63) is 0 Å². The van der Waals surface area contributed by atoms with Crippen molar-refractivity contribution in [1.82, 2.24) is 0 Å². The fraction of sp³-hybridized carbons (Fsp3) is 0.944. The van der Waals surface area contributed by atoms with Crippen LogP contribution in [0.4, 0.5) is 0 Å². The molecule has 20 heavy (non-hydrogen) atoms. The number of aliphatic carboxylic acids is 1. The van der Waals surface area contributed by atoms with Gasteiger partial charge in [-0.05, 0) is 6.42 Å². The van der Waals surface area contributed by atoms with E-state index in [2.05, 4.69) is 6.92 Å². The first-order valence-electron chi connectivity index (χ1n) is 8.99. The summed E-state index contributed by atoms with van der Waals surface area (Å²) in [6.07, 6.45) is 20.2. The number of unbranched alkanes of at least 4 members (excludes halogenated alkanes) is 14. The topological polar surface area (TPSA) is 37.3 Å². The van der Waals surface area contributed by atoms with E-state index in [0.29, 0.717) is 6.42 Å². The number of hydrogen-bond donors (Lipinski definition) is 1. The van der Waals surface area contributed by atoms with E-state index in [1.165, 1.54) is 83.5 Å². The average Bonchev–Trinajstić information content (AvgIpc) is 2.43. The first-order valence-corrected chi connectivity index (χ1v) is 8.99. The molecule has 0 amide bonds. The molecule has 0 atom stereocenters. The van der Waals surface area contributed by atoms with Crippen LogP contribution in [0.3, 0.4) is 0 Å². The van der Waals surface area contributed by atoms with Crippen molar-refractivity contribution in [3.63, 3.8) is 0 Å². The molecule has 0 heterocycles. The maximum Gasteiger partial charge on any atom is 0.303 e. The third kappa shape index (κ3) is 17.5. The molecule has 0 radical (unpaired) electrons. The molecule has 0 saturated heterocycles. The molecule has 0 aliphatic heterocycles. The molecule has 1 N–H and O–H groups in total. The second-order valence-electron chi connectivity index (χ2n) is 6.09. The third-order valence-corrected chi connectivity index (χ3v) is 3.99. The predicted molar refractivity (Wildman–Crippen MR) is 87.2 cm³/mol. The molecule has 0 aliphatic rings. The lowest BCUT2D eigenvalue weighted by atomic mass is 10.0. The van der Waals surface area contributed by atoms with Crippen LogP contribution >= 0.6 is 0 Å². The Balaban J connectivity index is 2.94. The molecule has 0 aromatic rings. The van der Waals surface area contributed by atoms with E-state index in [1.54, 1.807) is 0 Å². The van der Waals surface area contributed by atoms with E-state index in [0.717, 1.165) is 12.8 Å². The summed E-state index contributed by atoms with van der Waals surface area (Å²) >= 11 is 0. The first-order chi connectivity index (χ1) is 9.77. The summed E-state index contributed by atoms with van der Waals surface area (Å²) in [6.45, 7) is 2.27. The van der Waals surface area contributed by atoms with Crippen LogP contribution in [0.15, 0.2) is 0 Å². The Morgan fingerprint density at radius 2 is 0.900 bits per heavy atom. The molecule has 0 rings (SSSR count). The van der Waals surface area contributed by atoms with E-state index in [4.69, 9.17) is 5.11 Å². The number of carboxylic acids is 1. The molecule has 0 aromatic heterocycles. The summed E-state index contributed by atoms with van der Waals surface area (Å²) in [5, 5.41) is 8.52. The molecule has 2 nitrogen and oxygen atoms in total. The molecule has 0 bridgehead atoms. The van der Waals surface area contributed by atoms with Gasteiger partial charge in [0.25, 0.3) is 0 Å². The Morgan fingerprint density at radius 1 is 0.600 bits per heavy atom. The summed E-state index contributed by atoms with van der Waals surface area (Å²) in [7, 11) is 0. The predicted octanol–water partition coefficient (Wildman–Crippen LogP) is 6.33. The Bertz CT molecular complexity index is 202. The quantitative estimate of drug-likeness (QED) is 0.336. The highest BCUT2D eigenvalue weighted by Crippen LogP contribution is 2.13. The molecule has 2 heteroatoms. The van der Waals surface area contributed by atoms with Crippen LogP contribution in [0.25, 0.3) is 0 Å². The van der Waals surface area contributed by atoms with Gasteiger partial charge in [0.2, 0.25) is 0 Å². The van der Waals surface area contributed by atoms with Crippen LogP contribution < -0.4 is 0 Å². The monoisotopic (exact) mass is 286 g/mol. The molecule has 0 unspecified atom stereocenters. The molecular weight excluding hydrogens is 250 g/mol. The van der Waals surface area contributed by atoms with Crippen LogP contribution in [-0.4, -0.2) is 11.1 Å². The third-order valence-electron chi connectivity index (χ3n) is 3.99. The van der Waals surface area contributed by atoms with Gasteiger partial charge in [0, 0.05) is 6.42 Å². The van der Waals surface area contributed by atoms with Gasteiger partial charge in [-0.2, -0.15) is 0 Å². The number of carboxylic acid groups (broad SMARTS) is 1. The van der Waals surface area contributed by atoms with Gasteiger partial charge in [-0.15, -0.1) is 0 Å². The smallest absolute Gasteiger partial charge is 0.303 e. The number of hydrogen-bond acceptors (Lipinski definition) is 1. The van der Waals surface area contributed by atoms with Crippen LogP contribution in [-0.2, 0) is 4.79 Å². The molecule has 0 aliphatic carbocycles. The lowest BCUT2D eigenvalue weighted by Crippen LogP contribution is -1.93. The van der Waals surface area contributed by atoms with Crippen molar-refractivity contribution >= 4 is 5.97 Å². The van der Waals surface area contributed by atoms with E-state index in [1.807, 2.05) is 0 Å². The minimum atomic E-state index is -0.653. The summed E-state index contributed by atoms with van der Waals surface area (Å²) in [5.41, 5.74) is 0. The molecule has 0 aromatic carbocycles. The Morgan fingerprint density at radius 3 is 1.20 bits per heavy atom. The van der Waals surface area contributed by atoms with Gasteiger partial charge in [-0.1, -0.05) is 96.8 Å². The average molecular weight is 286 g/mol. The standard InChI is InChI=1S/C18H36O2/c1-2-3-4-5-6-7-8-9-10-11-12-13-14-15-16-17-18(19)20/h2-17H2,1H3,(H,19,20)/i18+2. The van der Waals surface area contributed by atoms with Gasteiger partial charge in [-0.25, -0.2) is 0 Å². The highest BCUT2D eigenvalue weighted by atomic mass is 16.6. The Labute approximate surface area is 126 Å². The summed E-state index contributed by atoms with van der Waals surface area (Å²) in [4.78, 5) is 10.3. The van der Waals surface area contributed by atoms with Gasteiger partial charge < -0.3 is 5.11 Å². The molecule has 120 valence electrons. The second kappa shape index (κ2) is 16.5. The lowest BCUT2D eigenvalue weighted by molar-refractivity contribution is -0.137. The van der Waals surface area contributed by atoms with Gasteiger partial charge in [-0.3, -0.25) is 4.79 Å². The minimum absolute atomic E-state index is 0.345. The molecule has 0 spiro atoms. The maximum absolute atomic E-state index is 10.3. The second-order valence-corrected chi connectivity index (χ2v) is 6.09. The normalized spacial score (nSPS) is 10.8. The number of carbonyl (C=O) groups is 1. The van der Waals surface area contributed by atoms with Crippen LogP contribution in [0.1, 0.15) is 110 Å². The van der Waals surface area contributed by atoms with Crippen molar-refractivity contribution in [1.29, 1.82) is 0 Å². The zero-order chi connectivity index (χ0) is 14.9. The van der Waals surface area contributed by atoms with Crippen LogP contribution in [0.2, 0.25) is 0 Å². The maximum atomic E-state index is 10.3. The molecule has 0 saturated carbocycles. The largest absolute Gasteiger partial charge is 0.481 e. The molecular formula is C18H36O2. The molecule has 0 fully saturated rings. The first kappa shape index (κ1) is 19.5. The zero-order valence-electron chi connectivity index (χ0n) is 13.7. The lowest BCUT2D eigenvalue weighted by Gasteiger charge is -2.03. The van der Waals surface area contributed by atoms with Crippen molar-refractivity contribution < 1.29 is 9.90 Å². The Kier molecular flexibility index (Phi) is 16.1. The van der Waals surface area contributed by atoms with Crippen molar-refractivity contribution in [2.75, 3.05) is 0 Å². The van der Waals surface area contributed by atoms with Crippen molar-refractivity contribution in [2.45, 2.75) is 110 Å². The Hall–Kier alpha value is -0.530. The summed E-state index contributed by atoms with van der Waals surface area (Å²) < 4.78 is 0.